The molecular formula is C15H25N2O4P. The number of benzene rings is 1. The van der Waals surface area contributed by atoms with Crippen molar-refractivity contribution in [2.45, 2.75) is 46.1 Å². The lowest BCUT2D eigenvalue weighted by atomic mass is 10.3. The molecule has 0 saturated heterocycles. The van der Waals surface area contributed by atoms with Gasteiger partial charge in [-0.25, -0.2) is 5.09 Å². The third-order valence-corrected chi connectivity index (χ3v) is 3.95. The number of para-hydroxylation sites is 1. The first-order valence-corrected chi connectivity index (χ1v) is 8.67. The van der Waals surface area contributed by atoms with E-state index in [0.29, 0.717) is 5.75 Å². The van der Waals surface area contributed by atoms with E-state index < -0.39 is 20.6 Å². The van der Waals surface area contributed by atoms with Crippen LogP contribution in [0.1, 0.15) is 27.7 Å². The summed E-state index contributed by atoms with van der Waals surface area (Å²) in [5.74, 6) is 0.388. The standard InChI is InChI=1S/C15H25N2O4P/c1-11(2)20-15(18)12(3)17-22(10-19-13(4)16)21-14-8-6-5-7-9-14/h5-9,11-13,17H,10,16H2,1-4H3. The smallest absolute Gasteiger partial charge is 0.323 e. The van der Waals surface area contributed by atoms with Crippen LogP contribution in [0, 0.1) is 0 Å². The molecule has 0 aromatic heterocycles. The average molecular weight is 328 g/mol. The summed E-state index contributed by atoms with van der Waals surface area (Å²) in [6.45, 7) is 7.10. The summed E-state index contributed by atoms with van der Waals surface area (Å²) < 4.78 is 16.4. The van der Waals surface area contributed by atoms with E-state index in [-0.39, 0.29) is 18.4 Å². The van der Waals surface area contributed by atoms with Gasteiger partial charge in [0, 0.05) is 0 Å². The zero-order valence-electron chi connectivity index (χ0n) is 13.5. The molecule has 7 heteroatoms. The van der Waals surface area contributed by atoms with Crippen LogP contribution in [0.3, 0.4) is 0 Å². The summed E-state index contributed by atoms with van der Waals surface area (Å²) in [6, 6.07) is 8.87. The molecule has 22 heavy (non-hydrogen) atoms. The summed E-state index contributed by atoms with van der Waals surface area (Å²) >= 11 is 0. The second-order valence-corrected chi connectivity index (χ2v) is 6.58. The van der Waals surface area contributed by atoms with E-state index in [2.05, 4.69) is 5.09 Å². The highest BCUT2D eigenvalue weighted by Gasteiger charge is 2.22. The van der Waals surface area contributed by atoms with Crippen LogP contribution < -0.4 is 15.3 Å². The maximum Gasteiger partial charge on any atom is 0.323 e. The number of hydrogen-bond acceptors (Lipinski definition) is 6. The van der Waals surface area contributed by atoms with Gasteiger partial charge in [0.05, 0.1) is 6.10 Å². The Morgan fingerprint density at radius 3 is 2.41 bits per heavy atom. The Balaban J connectivity index is 2.62. The van der Waals surface area contributed by atoms with Gasteiger partial charge in [0.15, 0.2) is 8.30 Å². The molecule has 3 N–H and O–H groups in total. The van der Waals surface area contributed by atoms with Crippen LogP contribution in [0.2, 0.25) is 0 Å². The fraction of sp³-hybridized carbons (Fsp3) is 0.533. The summed E-state index contributed by atoms with van der Waals surface area (Å²) in [7, 11) is -1.22. The second-order valence-electron chi connectivity index (χ2n) is 5.12. The number of carbonyl (C=O) groups is 1. The number of carbonyl (C=O) groups excluding carboxylic acids is 1. The van der Waals surface area contributed by atoms with Gasteiger partial charge in [-0.1, -0.05) is 18.2 Å². The van der Waals surface area contributed by atoms with E-state index in [1.807, 2.05) is 44.2 Å². The number of rotatable bonds is 9. The zero-order chi connectivity index (χ0) is 16.5. The topological polar surface area (TPSA) is 82.8 Å². The third-order valence-electron chi connectivity index (χ3n) is 2.46. The van der Waals surface area contributed by atoms with Crippen LogP contribution in [0.5, 0.6) is 5.75 Å². The third kappa shape index (κ3) is 7.71. The van der Waals surface area contributed by atoms with Crippen LogP contribution in [0.4, 0.5) is 0 Å². The van der Waals surface area contributed by atoms with Crippen molar-refractivity contribution < 1.29 is 18.8 Å². The number of ether oxygens (including phenoxy) is 2. The van der Waals surface area contributed by atoms with Crippen molar-refractivity contribution in [2.24, 2.45) is 5.73 Å². The van der Waals surface area contributed by atoms with Gasteiger partial charge in [-0.05, 0) is 39.8 Å². The molecule has 1 aromatic rings. The van der Waals surface area contributed by atoms with Crippen molar-refractivity contribution in [3.63, 3.8) is 0 Å². The SMILES string of the molecule is CC(C)OC(=O)C(C)NP(COC(C)N)Oc1ccccc1. The minimum Gasteiger partial charge on any atom is -0.462 e. The second kappa shape index (κ2) is 9.74. The fourth-order valence-electron chi connectivity index (χ4n) is 1.49. The maximum absolute atomic E-state index is 11.9. The van der Waals surface area contributed by atoms with E-state index in [0.717, 1.165) is 0 Å². The molecule has 0 aliphatic heterocycles. The summed E-state index contributed by atoms with van der Waals surface area (Å²) in [5.41, 5.74) is 5.60. The van der Waals surface area contributed by atoms with Gasteiger partial charge in [0.25, 0.3) is 0 Å². The molecule has 0 spiro atoms. The van der Waals surface area contributed by atoms with E-state index >= 15 is 0 Å². The summed E-state index contributed by atoms with van der Waals surface area (Å²) in [4.78, 5) is 11.9. The Hall–Kier alpha value is -1.20. The van der Waals surface area contributed by atoms with Crippen molar-refractivity contribution in [1.29, 1.82) is 0 Å². The van der Waals surface area contributed by atoms with Gasteiger partial charge in [-0.15, -0.1) is 0 Å². The van der Waals surface area contributed by atoms with Crippen molar-refractivity contribution >= 4 is 14.3 Å². The molecule has 0 heterocycles. The fourth-order valence-corrected chi connectivity index (χ4v) is 2.95. The molecule has 0 fully saturated rings. The van der Waals surface area contributed by atoms with E-state index in [4.69, 9.17) is 19.7 Å². The Morgan fingerprint density at radius 2 is 1.86 bits per heavy atom. The normalized spacial score (nSPS) is 15.2. The van der Waals surface area contributed by atoms with Crippen molar-refractivity contribution in [1.82, 2.24) is 5.09 Å². The van der Waals surface area contributed by atoms with Gasteiger partial charge in [-0.3, -0.25) is 4.79 Å². The molecule has 124 valence electrons. The van der Waals surface area contributed by atoms with Gasteiger partial charge in [-0.2, -0.15) is 0 Å². The van der Waals surface area contributed by atoms with Crippen LogP contribution in [0.25, 0.3) is 0 Å². The quantitative estimate of drug-likeness (QED) is 0.412. The maximum atomic E-state index is 11.9. The van der Waals surface area contributed by atoms with Crippen molar-refractivity contribution in [3.8, 4) is 5.75 Å². The highest BCUT2D eigenvalue weighted by molar-refractivity contribution is 7.50. The minimum absolute atomic E-state index is 0.154. The Bertz CT molecular complexity index is 442. The lowest BCUT2D eigenvalue weighted by Gasteiger charge is -2.23. The Morgan fingerprint density at radius 1 is 1.23 bits per heavy atom. The van der Waals surface area contributed by atoms with Crippen LogP contribution in [-0.4, -0.2) is 30.7 Å². The molecule has 0 aliphatic rings. The molecule has 3 unspecified atom stereocenters. The molecular weight excluding hydrogens is 303 g/mol. The molecule has 0 bridgehead atoms. The highest BCUT2D eigenvalue weighted by Crippen LogP contribution is 2.35. The lowest BCUT2D eigenvalue weighted by Crippen LogP contribution is -2.35. The summed E-state index contributed by atoms with van der Waals surface area (Å²) in [5, 5.41) is 3.11. The van der Waals surface area contributed by atoms with Crippen molar-refractivity contribution in [3.05, 3.63) is 30.3 Å². The Kier molecular flexibility index (Phi) is 8.35. The number of esters is 1. The predicted molar refractivity (Wildman–Crippen MR) is 87.4 cm³/mol. The van der Waals surface area contributed by atoms with E-state index in [1.54, 1.807) is 13.8 Å². The first kappa shape index (κ1) is 18.8. The van der Waals surface area contributed by atoms with Crippen LogP contribution in [-0.2, 0) is 14.3 Å². The molecule has 1 aromatic carbocycles. The molecule has 6 nitrogen and oxygen atoms in total. The first-order valence-electron chi connectivity index (χ1n) is 7.23. The average Bonchev–Trinajstić information content (AvgIpc) is 2.45. The number of nitrogens with one attached hydrogen (secondary N) is 1. The lowest BCUT2D eigenvalue weighted by molar-refractivity contribution is -0.148. The molecule has 0 amide bonds. The van der Waals surface area contributed by atoms with Gasteiger partial charge in [0.1, 0.15) is 24.4 Å². The van der Waals surface area contributed by atoms with Gasteiger partial charge < -0.3 is 19.7 Å². The summed E-state index contributed by atoms with van der Waals surface area (Å²) in [6.07, 6.45) is -0.274. The molecule has 0 aliphatic carbocycles. The molecule has 3 atom stereocenters. The van der Waals surface area contributed by atoms with E-state index in [9.17, 15) is 4.79 Å². The predicted octanol–water partition coefficient (Wildman–Crippen LogP) is 2.59. The van der Waals surface area contributed by atoms with E-state index in [1.165, 1.54) is 0 Å². The number of hydrogen-bond donors (Lipinski definition) is 2. The highest BCUT2D eigenvalue weighted by atomic mass is 31.2. The van der Waals surface area contributed by atoms with Crippen LogP contribution in [0.15, 0.2) is 30.3 Å². The zero-order valence-corrected chi connectivity index (χ0v) is 14.4. The molecule has 0 radical (unpaired) electrons. The van der Waals surface area contributed by atoms with Gasteiger partial charge in [0.2, 0.25) is 0 Å². The monoisotopic (exact) mass is 328 g/mol. The largest absolute Gasteiger partial charge is 0.462 e. The minimum atomic E-state index is -1.22. The van der Waals surface area contributed by atoms with Crippen LogP contribution >= 0.6 is 8.30 Å². The van der Waals surface area contributed by atoms with Crippen molar-refractivity contribution in [2.75, 3.05) is 6.35 Å². The number of nitrogens with two attached hydrogens (primary N) is 1. The van der Waals surface area contributed by atoms with Gasteiger partial charge >= 0.3 is 5.97 Å². The Labute approximate surface area is 133 Å². The molecule has 1 rings (SSSR count). The first-order chi connectivity index (χ1) is 10.4. The molecule has 0 saturated carbocycles.